The van der Waals surface area contributed by atoms with Gasteiger partial charge in [-0.1, -0.05) is 20.8 Å². The number of aromatic nitrogens is 2. The summed E-state index contributed by atoms with van der Waals surface area (Å²) in [5.74, 6) is 0.635. The molecule has 0 spiro atoms. The van der Waals surface area contributed by atoms with E-state index in [2.05, 4.69) is 23.8 Å². The zero-order valence-electron chi connectivity index (χ0n) is 11.0. The van der Waals surface area contributed by atoms with Crippen molar-refractivity contribution in [3.05, 3.63) is 22.7 Å². The van der Waals surface area contributed by atoms with Crippen molar-refractivity contribution in [3.8, 4) is 0 Å². The first-order valence-electron chi connectivity index (χ1n) is 6.29. The van der Waals surface area contributed by atoms with Crippen molar-refractivity contribution in [2.75, 3.05) is 6.54 Å². The highest BCUT2D eigenvalue weighted by molar-refractivity contribution is 6.28. The lowest BCUT2D eigenvalue weighted by atomic mass is 10.1. The average Bonchev–Trinajstić information content (AvgIpc) is 2.63. The van der Waals surface area contributed by atoms with Gasteiger partial charge < -0.3 is 4.90 Å². The molecule has 2 rings (SSSR count). The average molecular weight is 268 g/mol. The number of hydrogen-bond donors (Lipinski definition) is 0. The topological polar surface area (TPSA) is 46.1 Å². The normalized spacial score (nSPS) is 19.9. The minimum Gasteiger partial charge on any atom is -0.338 e. The number of rotatable bonds is 3. The quantitative estimate of drug-likeness (QED) is 0.791. The Morgan fingerprint density at radius 2 is 2.28 bits per heavy atom. The highest BCUT2D eigenvalue weighted by Gasteiger charge is 2.28. The van der Waals surface area contributed by atoms with Crippen molar-refractivity contribution >= 4 is 17.5 Å². The van der Waals surface area contributed by atoms with Gasteiger partial charge in [-0.05, 0) is 23.9 Å². The third kappa shape index (κ3) is 2.64. The van der Waals surface area contributed by atoms with E-state index in [1.54, 1.807) is 6.20 Å². The van der Waals surface area contributed by atoms with Gasteiger partial charge >= 0.3 is 0 Å². The van der Waals surface area contributed by atoms with E-state index in [9.17, 15) is 4.79 Å². The fraction of sp³-hybridized carbons (Fsp3) is 0.615. The second-order valence-corrected chi connectivity index (χ2v) is 5.49. The van der Waals surface area contributed by atoms with E-state index in [0.29, 0.717) is 6.54 Å². The maximum absolute atomic E-state index is 11.9. The van der Waals surface area contributed by atoms with Crippen LogP contribution in [0.25, 0.3) is 0 Å². The number of carbonyl (C=O) groups is 1. The zero-order valence-corrected chi connectivity index (χ0v) is 11.7. The van der Waals surface area contributed by atoms with E-state index in [-0.39, 0.29) is 23.0 Å². The van der Waals surface area contributed by atoms with Crippen molar-refractivity contribution in [1.82, 2.24) is 14.9 Å². The van der Waals surface area contributed by atoms with Gasteiger partial charge in [0.1, 0.15) is 0 Å². The Labute approximate surface area is 112 Å². The van der Waals surface area contributed by atoms with E-state index < -0.39 is 0 Å². The second kappa shape index (κ2) is 5.22. The number of likely N-dealkylation sites (tertiary alicyclic amines) is 1. The maximum atomic E-state index is 11.9. The van der Waals surface area contributed by atoms with E-state index in [1.165, 1.54) is 0 Å². The predicted molar refractivity (Wildman–Crippen MR) is 70.3 cm³/mol. The fourth-order valence-corrected chi connectivity index (χ4v) is 2.42. The smallest absolute Gasteiger partial charge is 0.225 e. The molecule has 0 saturated carbocycles. The van der Waals surface area contributed by atoms with Gasteiger partial charge in [0.2, 0.25) is 11.2 Å². The molecule has 1 fully saturated rings. The number of hydrogen-bond acceptors (Lipinski definition) is 3. The summed E-state index contributed by atoms with van der Waals surface area (Å²) in [5, 5.41) is 0.267. The highest BCUT2D eigenvalue weighted by Crippen LogP contribution is 2.23. The third-order valence-corrected chi connectivity index (χ3v) is 3.52. The van der Waals surface area contributed by atoms with E-state index >= 15 is 0 Å². The van der Waals surface area contributed by atoms with Crippen LogP contribution in [0, 0.1) is 5.92 Å². The minimum atomic E-state index is 0.140. The maximum Gasteiger partial charge on any atom is 0.225 e. The first-order chi connectivity index (χ1) is 8.49. The number of amides is 1. The summed E-state index contributed by atoms with van der Waals surface area (Å²) < 4.78 is 0. The zero-order chi connectivity index (χ0) is 13.3. The van der Waals surface area contributed by atoms with Gasteiger partial charge in [-0.2, -0.15) is 0 Å². The largest absolute Gasteiger partial charge is 0.338 e. The van der Waals surface area contributed by atoms with Crippen LogP contribution in [0.4, 0.5) is 0 Å². The van der Waals surface area contributed by atoms with Gasteiger partial charge in [-0.25, -0.2) is 9.97 Å². The summed E-state index contributed by atoms with van der Waals surface area (Å²) in [6, 6.07) is 0. The van der Waals surface area contributed by atoms with Crippen LogP contribution in [0.15, 0.2) is 6.20 Å². The third-order valence-electron chi connectivity index (χ3n) is 3.34. The summed E-state index contributed by atoms with van der Waals surface area (Å²) in [6.07, 6.45) is 2.67. The van der Waals surface area contributed by atoms with Gasteiger partial charge in [0.15, 0.2) is 0 Å². The van der Waals surface area contributed by atoms with Crippen LogP contribution in [0.5, 0.6) is 0 Å². The molecule has 2 heterocycles. The molecule has 0 N–H and O–H groups in total. The summed E-state index contributed by atoms with van der Waals surface area (Å²) in [4.78, 5) is 22.1. The molecule has 1 aromatic rings. The molecule has 0 aromatic carbocycles. The van der Waals surface area contributed by atoms with E-state index in [4.69, 9.17) is 11.6 Å². The Balaban J connectivity index is 2.21. The predicted octanol–water partition coefficient (Wildman–Crippen LogP) is 2.62. The molecule has 1 aromatic heterocycles. The first-order valence-corrected chi connectivity index (χ1v) is 6.67. The Morgan fingerprint density at radius 3 is 2.83 bits per heavy atom. The van der Waals surface area contributed by atoms with Crippen LogP contribution in [0.1, 0.15) is 44.4 Å². The molecule has 1 atom stereocenters. The molecule has 98 valence electrons. The molecular weight excluding hydrogens is 250 g/mol. The summed E-state index contributed by atoms with van der Waals surface area (Å²) in [5.41, 5.74) is 1.93. The van der Waals surface area contributed by atoms with Crippen LogP contribution < -0.4 is 0 Å². The van der Waals surface area contributed by atoms with Crippen molar-refractivity contribution in [2.45, 2.75) is 39.7 Å². The molecule has 4 nitrogen and oxygen atoms in total. The van der Waals surface area contributed by atoms with E-state index in [1.807, 2.05) is 11.8 Å². The van der Waals surface area contributed by atoms with Crippen LogP contribution >= 0.6 is 11.6 Å². The molecule has 1 amide bonds. The SMILES string of the molecule is CC(C)c1nc(Cl)ncc1CN1CC[C@@H](C)C1=O. The molecule has 1 aliphatic rings. The molecule has 0 aliphatic carbocycles. The number of nitrogens with zero attached hydrogens (tertiary/aromatic N) is 3. The van der Waals surface area contributed by atoms with E-state index in [0.717, 1.165) is 24.2 Å². The first kappa shape index (κ1) is 13.3. The Bertz CT molecular complexity index is 462. The molecule has 1 saturated heterocycles. The Kier molecular flexibility index (Phi) is 3.85. The minimum absolute atomic E-state index is 0.140. The lowest BCUT2D eigenvalue weighted by molar-refractivity contribution is -0.131. The monoisotopic (exact) mass is 267 g/mol. The van der Waals surface area contributed by atoms with Gasteiger partial charge in [-0.15, -0.1) is 0 Å². The lowest BCUT2D eigenvalue weighted by Crippen LogP contribution is -2.27. The fourth-order valence-electron chi connectivity index (χ4n) is 2.28. The van der Waals surface area contributed by atoms with Crippen molar-refractivity contribution in [3.63, 3.8) is 0 Å². The van der Waals surface area contributed by atoms with Gasteiger partial charge in [0.05, 0.1) is 5.69 Å². The van der Waals surface area contributed by atoms with Crippen molar-refractivity contribution < 1.29 is 4.79 Å². The van der Waals surface area contributed by atoms with Crippen LogP contribution in [0.3, 0.4) is 0 Å². The summed E-state index contributed by atoms with van der Waals surface area (Å²) >= 11 is 5.83. The Hall–Kier alpha value is -1.16. The number of carbonyl (C=O) groups excluding carboxylic acids is 1. The van der Waals surface area contributed by atoms with Gasteiger partial charge in [-0.3, -0.25) is 4.79 Å². The number of halogens is 1. The second-order valence-electron chi connectivity index (χ2n) is 5.15. The van der Waals surface area contributed by atoms with Crippen molar-refractivity contribution in [1.29, 1.82) is 0 Å². The summed E-state index contributed by atoms with van der Waals surface area (Å²) in [6.45, 7) is 7.52. The Morgan fingerprint density at radius 1 is 1.56 bits per heavy atom. The van der Waals surface area contributed by atoms with Crippen molar-refractivity contribution in [2.24, 2.45) is 5.92 Å². The molecule has 5 heteroatoms. The standard InChI is InChI=1S/C13H18ClN3O/c1-8(2)11-10(6-15-13(14)16-11)7-17-5-4-9(3)12(17)18/h6,8-9H,4-5,7H2,1-3H3/t9-/m1/s1. The van der Waals surface area contributed by atoms with Gasteiger partial charge in [0.25, 0.3) is 0 Å². The molecule has 0 unspecified atom stereocenters. The van der Waals surface area contributed by atoms with Crippen LogP contribution in [-0.2, 0) is 11.3 Å². The van der Waals surface area contributed by atoms with Crippen LogP contribution in [0.2, 0.25) is 5.28 Å². The molecule has 0 radical (unpaired) electrons. The molecular formula is C13H18ClN3O. The molecule has 1 aliphatic heterocycles. The highest BCUT2D eigenvalue weighted by atomic mass is 35.5. The van der Waals surface area contributed by atoms with Gasteiger partial charge in [0, 0.05) is 30.8 Å². The molecule has 0 bridgehead atoms. The summed E-state index contributed by atoms with van der Waals surface area (Å²) in [7, 11) is 0. The molecule has 18 heavy (non-hydrogen) atoms. The lowest BCUT2D eigenvalue weighted by Gasteiger charge is -2.19. The van der Waals surface area contributed by atoms with Crippen LogP contribution in [-0.4, -0.2) is 27.3 Å².